The first-order chi connectivity index (χ1) is 15.6. The van der Waals surface area contributed by atoms with Gasteiger partial charge in [0.15, 0.2) is 5.78 Å². The van der Waals surface area contributed by atoms with Crippen molar-refractivity contribution < 1.29 is 14.7 Å². The summed E-state index contributed by atoms with van der Waals surface area (Å²) in [4.78, 5) is 22.3. The highest BCUT2D eigenvalue weighted by molar-refractivity contribution is 6.06. The highest BCUT2D eigenvalue weighted by Gasteiger charge is 2.03. The van der Waals surface area contributed by atoms with Crippen LogP contribution in [0.5, 0.6) is 0 Å². The molecule has 0 atom stereocenters. The zero-order valence-corrected chi connectivity index (χ0v) is 20.5. The summed E-state index contributed by atoms with van der Waals surface area (Å²) in [5, 5.41) is 8.59. The lowest BCUT2D eigenvalue weighted by atomic mass is 10.0. The smallest absolute Gasteiger partial charge is 0.328 e. The van der Waals surface area contributed by atoms with Gasteiger partial charge < -0.3 is 5.11 Å². The van der Waals surface area contributed by atoms with Crippen molar-refractivity contribution >= 4 is 11.8 Å². The van der Waals surface area contributed by atoms with E-state index in [1.54, 1.807) is 12.1 Å². The van der Waals surface area contributed by atoms with Gasteiger partial charge in [-0.3, -0.25) is 4.79 Å². The molecule has 0 amide bonds. The number of hydrogen-bond donors (Lipinski definition) is 1. The molecule has 1 aromatic rings. The van der Waals surface area contributed by atoms with Gasteiger partial charge in [-0.15, -0.1) is 0 Å². The number of aryl methyl sites for hydroxylation is 1. The summed E-state index contributed by atoms with van der Waals surface area (Å²) in [6, 6.07) is 7.54. The van der Waals surface area contributed by atoms with Crippen LogP contribution in [0, 0.1) is 0 Å². The van der Waals surface area contributed by atoms with E-state index in [-0.39, 0.29) is 5.78 Å². The number of benzene rings is 1. The molecular formula is C29H46O3. The van der Waals surface area contributed by atoms with Crippen LogP contribution in [-0.2, 0) is 11.2 Å². The standard InChI is InChI=1S/C29H46O3/c1-2-3-4-5-6-7-8-9-10-11-12-13-14-15-16-17-18-19-26-20-22-27(23-21-26)28(30)24-25-29(31)32/h20-25H,2-19H2,1H3,(H,31,32)/b25-24+. The van der Waals surface area contributed by atoms with Gasteiger partial charge in [0.1, 0.15) is 0 Å². The van der Waals surface area contributed by atoms with E-state index in [4.69, 9.17) is 5.11 Å². The lowest BCUT2D eigenvalue weighted by Crippen LogP contribution is -1.97. The molecule has 3 nitrogen and oxygen atoms in total. The number of unbranched alkanes of at least 4 members (excludes halogenated alkanes) is 16. The molecule has 32 heavy (non-hydrogen) atoms. The molecule has 0 saturated carbocycles. The highest BCUT2D eigenvalue weighted by Crippen LogP contribution is 2.15. The predicted molar refractivity (Wildman–Crippen MR) is 135 cm³/mol. The Labute approximate surface area is 196 Å². The van der Waals surface area contributed by atoms with Gasteiger partial charge >= 0.3 is 5.97 Å². The van der Waals surface area contributed by atoms with Crippen LogP contribution in [0.25, 0.3) is 0 Å². The highest BCUT2D eigenvalue weighted by atomic mass is 16.4. The third kappa shape index (κ3) is 15.8. The SMILES string of the molecule is CCCCCCCCCCCCCCCCCCCc1ccc(C(=O)/C=C/C(=O)O)cc1. The maximum Gasteiger partial charge on any atom is 0.328 e. The van der Waals surface area contributed by atoms with Gasteiger partial charge in [0, 0.05) is 11.6 Å². The average molecular weight is 443 g/mol. The van der Waals surface area contributed by atoms with Crippen molar-refractivity contribution in [1.29, 1.82) is 0 Å². The normalized spacial score (nSPS) is 11.3. The molecule has 0 spiro atoms. The molecule has 1 N–H and O–H groups in total. The fourth-order valence-corrected chi connectivity index (χ4v) is 4.13. The van der Waals surface area contributed by atoms with Gasteiger partial charge in [-0.1, -0.05) is 134 Å². The predicted octanol–water partition coefficient (Wildman–Crippen LogP) is 8.70. The van der Waals surface area contributed by atoms with Crippen LogP contribution in [0.4, 0.5) is 0 Å². The average Bonchev–Trinajstić information content (AvgIpc) is 2.80. The Bertz CT molecular complexity index is 630. The third-order valence-electron chi connectivity index (χ3n) is 6.18. The molecule has 180 valence electrons. The number of ketones is 1. The van der Waals surface area contributed by atoms with E-state index in [1.807, 2.05) is 12.1 Å². The first-order valence-electron chi connectivity index (χ1n) is 13.2. The number of aliphatic carboxylic acids is 1. The van der Waals surface area contributed by atoms with E-state index in [2.05, 4.69) is 6.92 Å². The number of carbonyl (C=O) groups is 2. The maximum absolute atomic E-state index is 11.8. The van der Waals surface area contributed by atoms with Crippen molar-refractivity contribution in [2.45, 2.75) is 122 Å². The molecule has 1 rings (SSSR count). The minimum atomic E-state index is -1.10. The summed E-state index contributed by atoms with van der Waals surface area (Å²) < 4.78 is 0. The molecule has 0 bridgehead atoms. The van der Waals surface area contributed by atoms with Gasteiger partial charge in [-0.2, -0.15) is 0 Å². The van der Waals surface area contributed by atoms with E-state index in [1.165, 1.54) is 115 Å². The minimum absolute atomic E-state index is 0.267. The zero-order chi connectivity index (χ0) is 23.3. The largest absolute Gasteiger partial charge is 0.478 e. The van der Waals surface area contributed by atoms with Gasteiger partial charge in [0.25, 0.3) is 0 Å². The molecule has 1 aromatic carbocycles. The molecule has 3 heteroatoms. The number of carboxylic acids is 1. The molecule has 0 fully saturated rings. The van der Waals surface area contributed by atoms with Crippen LogP contribution in [-0.4, -0.2) is 16.9 Å². The molecule has 0 radical (unpaired) electrons. The summed E-state index contributed by atoms with van der Waals surface area (Å²) in [6.45, 7) is 2.28. The lowest BCUT2D eigenvalue weighted by Gasteiger charge is -2.04. The van der Waals surface area contributed by atoms with E-state index < -0.39 is 5.97 Å². The van der Waals surface area contributed by atoms with Crippen molar-refractivity contribution in [3.05, 3.63) is 47.5 Å². The number of carboxylic acid groups (broad SMARTS) is 1. The second kappa shape index (κ2) is 19.8. The zero-order valence-electron chi connectivity index (χ0n) is 20.5. The maximum atomic E-state index is 11.8. The first-order valence-corrected chi connectivity index (χ1v) is 13.2. The Morgan fingerprint density at radius 2 is 1.03 bits per heavy atom. The molecule has 0 aliphatic carbocycles. The third-order valence-corrected chi connectivity index (χ3v) is 6.18. The second-order valence-corrected chi connectivity index (χ2v) is 9.14. The monoisotopic (exact) mass is 442 g/mol. The Hall–Kier alpha value is -1.90. The van der Waals surface area contributed by atoms with Crippen LogP contribution in [0.2, 0.25) is 0 Å². The summed E-state index contributed by atoms with van der Waals surface area (Å²) in [5.74, 6) is -1.37. The van der Waals surface area contributed by atoms with Gasteiger partial charge in [-0.25, -0.2) is 4.79 Å². The number of hydrogen-bond acceptors (Lipinski definition) is 2. The number of allylic oxidation sites excluding steroid dienone is 1. The summed E-state index contributed by atoms with van der Waals surface area (Å²) in [7, 11) is 0. The molecule has 0 aromatic heterocycles. The van der Waals surface area contributed by atoms with Crippen molar-refractivity contribution in [3.8, 4) is 0 Å². The van der Waals surface area contributed by atoms with Gasteiger partial charge in [0.2, 0.25) is 0 Å². The minimum Gasteiger partial charge on any atom is -0.478 e. The molecular weight excluding hydrogens is 396 g/mol. The van der Waals surface area contributed by atoms with E-state index in [9.17, 15) is 9.59 Å². The number of rotatable bonds is 21. The Morgan fingerprint density at radius 1 is 0.625 bits per heavy atom. The van der Waals surface area contributed by atoms with Crippen molar-refractivity contribution in [1.82, 2.24) is 0 Å². The van der Waals surface area contributed by atoms with Crippen molar-refractivity contribution in [3.63, 3.8) is 0 Å². The Kier molecular flexibility index (Phi) is 17.4. The van der Waals surface area contributed by atoms with E-state index in [0.29, 0.717) is 5.56 Å². The quantitative estimate of drug-likeness (QED) is 0.118. The summed E-state index contributed by atoms with van der Waals surface area (Å²) >= 11 is 0. The fraction of sp³-hybridized carbons (Fsp3) is 0.655. The van der Waals surface area contributed by atoms with E-state index in [0.717, 1.165) is 18.6 Å². The summed E-state index contributed by atoms with van der Waals surface area (Å²) in [5.41, 5.74) is 1.78. The van der Waals surface area contributed by atoms with Crippen molar-refractivity contribution in [2.24, 2.45) is 0 Å². The Morgan fingerprint density at radius 3 is 1.44 bits per heavy atom. The first kappa shape index (κ1) is 28.1. The van der Waals surface area contributed by atoms with Crippen LogP contribution in [0.15, 0.2) is 36.4 Å². The molecule has 0 aliphatic heterocycles. The van der Waals surface area contributed by atoms with Crippen molar-refractivity contribution in [2.75, 3.05) is 0 Å². The molecule has 0 aliphatic rings. The van der Waals surface area contributed by atoms with Gasteiger partial charge in [0.05, 0.1) is 0 Å². The number of carbonyl (C=O) groups excluding carboxylic acids is 1. The van der Waals surface area contributed by atoms with Crippen LogP contribution in [0.1, 0.15) is 132 Å². The molecule has 0 unspecified atom stereocenters. The van der Waals surface area contributed by atoms with E-state index >= 15 is 0 Å². The van der Waals surface area contributed by atoms with Crippen LogP contribution >= 0.6 is 0 Å². The lowest BCUT2D eigenvalue weighted by molar-refractivity contribution is -0.131. The fourth-order valence-electron chi connectivity index (χ4n) is 4.13. The summed E-state index contributed by atoms with van der Waals surface area (Å²) in [6.07, 6.45) is 26.5. The topological polar surface area (TPSA) is 54.4 Å². The van der Waals surface area contributed by atoms with Crippen LogP contribution in [0.3, 0.4) is 0 Å². The van der Waals surface area contributed by atoms with Gasteiger partial charge in [-0.05, 0) is 24.5 Å². The van der Waals surface area contributed by atoms with Crippen LogP contribution < -0.4 is 0 Å². The second-order valence-electron chi connectivity index (χ2n) is 9.14. The molecule has 0 saturated heterocycles. The Balaban J connectivity index is 1.91. The molecule has 0 heterocycles.